The van der Waals surface area contributed by atoms with Crippen LogP contribution in [-0.2, 0) is 5.75 Å². The number of aryl methyl sites for hydroxylation is 1. The van der Waals surface area contributed by atoms with Crippen LogP contribution < -0.4 is 15.0 Å². The van der Waals surface area contributed by atoms with E-state index in [4.69, 9.17) is 14.5 Å². The fourth-order valence-electron chi connectivity index (χ4n) is 3.95. The molecule has 166 valence electrons. The van der Waals surface area contributed by atoms with Crippen LogP contribution in [-0.4, -0.2) is 28.8 Å². The minimum absolute atomic E-state index is 0.157. The molecule has 0 fully saturated rings. The van der Waals surface area contributed by atoms with Crippen molar-refractivity contribution in [1.82, 2.24) is 14.5 Å². The van der Waals surface area contributed by atoms with Gasteiger partial charge in [0.25, 0.3) is 5.56 Å². The maximum absolute atomic E-state index is 13.8. The second-order valence-corrected chi connectivity index (χ2v) is 8.63. The van der Waals surface area contributed by atoms with Crippen LogP contribution in [0.15, 0.2) is 76.7 Å². The maximum atomic E-state index is 13.8. The number of rotatable bonds is 6. The normalized spacial score (nSPS) is 11.2. The first kappa shape index (κ1) is 21.2. The van der Waals surface area contributed by atoms with Crippen molar-refractivity contribution < 1.29 is 9.47 Å². The summed E-state index contributed by atoms with van der Waals surface area (Å²) in [5, 5.41) is 1.55. The van der Waals surface area contributed by atoms with Crippen molar-refractivity contribution in [3.05, 3.63) is 88.2 Å². The Bertz CT molecular complexity index is 1540. The summed E-state index contributed by atoms with van der Waals surface area (Å²) in [4.78, 5) is 22.0. The summed E-state index contributed by atoms with van der Waals surface area (Å²) >= 11 is 1.54. The summed E-state index contributed by atoms with van der Waals surface area (Å²) in [5.74, 6) is 1.84. The molecular formula is C26H23N3O3S. The molecule has 6 nitrogen and oxygen atoms in total. The zero-order chi connectivity index (χ0) is 22.9. The smallest absolute Gasteiger partial charge is 0.283 e. The highest BCUT2D eigenvalue weighted by molar-refractivity contribution is 7.98. The van der Waals surface area contributed by atoms with E-state index in [2.05, 4.69) is 24.0 Å². The number of H-pyrrole nitrogens is 1. The Balaban J connectivity index is 1.73. The number of thioether (sulfide) groups is 1. The van der Waals surface area contributed by atoms with Crippen LogP contribution >= 0.6 is 11.8 Å². The topological polar surface area (TPSA) is 69.1 Å². The van der Waals surface area contributed by atoms with Crippen molar-refractivity contribution >= 4 is 33.7 Å². The van der Waals surface area contributed by atoms with Crippen molar-refractivity contribution in [3.63, 3.8) is 0 Å². The lowest BCUT2D eigenvalue weighted by Crippen LogP contribution is -2.22. The van der Waals surface area contributed by atoms with Gasteiger partial charge in [-0.1, -0.05) is 54.2 Å². The zero-order valence-electron chi connectivity index (χ0n) is 18.6. The van der Waals surface area contributed by atoms with E-state index in [1.165, 1.54) is 22.9 Å². The molecule has 0 spiro atoms. The Morgan fingerprint density at radius 1 is 0.970 bits per heavy atom. The number of methoxy groups -OCH3 is 2. The molecule has 0 aliphatic heterocycles. The molecule has 0 radical (unpaired) electrons. The van der Waals surface area contributed by atoms with Gasteiger partial charge in [0, 0.05) is 22.7 Å². The number of benzene rings is 3. The number of nitrogens with one attached hydrogen (secondary N) is 1. The lowest BCUT2D eigenvalue weighted by atomic mass is 10.1. The number of fused-ring (bicyclic) bond motifs is 3. The SMILES string of the molecule is COc1ccc(-n2c(SCc3ccccc3C)nc3c([nH]c4ccccc43)c2=O)cc1OC. The predicted octanol–water partition coefficient (Wildman–Crippen LogP) is 5.48. The second-order valence-electron chi connectivity index (χ2n) is 7.68. The first-order valence-electron chi connectivity index (χ1n) is 10.5. The van der Waals surface area contributed by atoms with Gasteiger partial charge in [0.1, 0.15) is 11.0 Å². The Labute approximate surface area is 195 Å². The average Bonchev–Trinajstić information content (AvgIpc) is 3.22. The lowest BCUT2D eigenvalue weighted by molar-refractivity contribution is 0.354. The summed E-state index contributed by atoms with van der Waals surface area (Å²) in [5.41, 5.74) is 4.96. The number of nitrogens with zero attached hydrogens (tertiary/aromatic N) is 2. The average molecular weight is 458 g/mol. The van der Waals surface area contributed by atoms with Crippen molar-refractivity contribution in [2.45, 2.75) is 17.8 Å². The van der Waals surface area contributed by atoms with Crippen LogP contribution in [0.2, 0.25) is 0 Å². The van der Waals surface area contributed by atoms with Crippen LogP contribution in [0.3, 0.4) is 0 Å². The third kappa shape index (κ3) is 3.74. The van der Waals surface area contributed by atoms with E-state index in [1.807, 2.05) is 42.5 Å². The molecule has 0 amide bonds. The summed E-state index contributed by atoms with van der Waals surface area (Å²) in [6, 6.07) is 21.5. The van der Waals surface area contributed by atoms with Gasteiger partial charge in [-0.05, 0) is 36.2 Å². The molecule has 2 heterocycles. The zero-order valence-corrected chi connectivity index (χ0v) is 19.4. The fraction of sp³-hybridized carbons (Fsp3) is 0.154. The van der Waals surface area contributed by atoms with Gasteiger partial charge < -0.3 is 14.5 Å². The molecule has 0 saturated heterocycles. The summed E-state index contributed by atoms with van der Waals surface area (Å²) in [7, 11) is 3.17. The summed E-state index contributed by atoms with van der Waals surface area (Å²) in [6.45, 7) is 2.09. The van der Waals surface area contributed by atoms with Crippen molar-refractivity contribution in [1.29, 1.82) is 0 Å². The van der Waals surface area contributed by atoms with Crippen molar-refractivity contribution in [3.8, 4) is 17.2 Å². The van der Waals surface area contributed by atoms with Gasteiger partial charge in [0.15, 0.2) is 16.7 Å². The molecular weight excluding hydrogens is 434 g/mol. The van der Waals surface area contributed by atoms with Crippen molar-refractivity contribution in [2.24, 2.45) is 0 Å². The van der Waals surface area contributed by atoms with Gasteiger partial charge in [-0.15, -0.1) is 0 Å². The monoisotopic (exact) mass is 457 g/mol. The molecule has 5 aromatic rings. The van der Waals surface area contributed by atoms with Crippen LogP contribution in [0.1, 0.15) is 11.1 Å². The number of ether oxygens (including phenoxy) is 2. The highest BCUT2D eigenvalue weighted by atomic mass is 32.2. The quantitative estimate of drug-likeness (QED) is 0.270. The largest absolute Gasteiger partial charge is 0.493 e. The third-order valence-corrected chi connectivity index (χ3v) is 6.73. The van der Waals surface area contributed by atoms with E-state index >= 15 is 0 Å². The van der Waals surface area contributed by atoms with Gasteiger partial charge in [-0.3, -0.25) is 9.36 Å². The standard InChI is InChI=1S/C26H23N3O3S/c1-16-8-4-5-9-17(16)15-33-26-28-23-19-10-6-7-11-20(19)27-24(23)25(30)29(26)18-12-13-21(31-2)22(14-18)32-3/h4-14,27H,15H2,1-3H3. The molecule has 0 aliphatic rings. The van der Waals surface area contributed by atoms with E-state index in [-0.39, 0.29) is 5.56 Å². The molecule has 2 aromatic heterocycles. The minimum atomic E-state index is -0.157. The third-order valence-electron chi connectivity index (χ3n) is 5.74. The van der Waals surface area contributed by atoms with Crippen molar-refractivity contribution in [2.75, 3.05) is 14.2 Å². The first-order chi connectivity index (χ1) is 16.1. The first-order valence-corrected chi connectivity index (χ1v) is 11.5. The Morgan fingerprint density at radius 3 is 2.52 bits per heavy atom. The highest BCUT2D eigenvalue weighted by Gasteiger charge is 2.18. The molecule has 1 N–H and O–H groups in total. The van der Waals surface area contributed by atoms with E-state index in [9.17, 15) is 4.79 Å². The number of aromatic amines is 1. The van der Waals surface area contributed by atoms with E-state index in [0.29, 0.717) is 39.1 Å². The molecule has 0 unspecified atom stereocenters. The molecule has 3 aromatic carbocycles. The fourth-order valence-corrected chi connectivity index (χ4v) is 5.03. The Morgan fingerprint density at radius 2 is 1.73 bits per heavy atom. The van der Waals surface area contributed by atoms with Crippen LogP contribution in [0, 0.1) is 6.92 Å². The van der Waals surface area contributed by atoms with E-state index in [0.717, 1.165) is 10.9 Å². The maximum Gasteiger partial charge on any atom is 0.283 e. The van der Waals surface area contributed by atoms with Gasteiger partial charge >= 0.3 is 0 Å². The van der Waals surface area contributed by atoms with Crippen LogP contribution in [0.5, 0.6) is 11.5 Å². The Hall–Kier alpha value is -3.71. The highest BCUT2D eigenvalue weighted by Crippen LogP contribution is 2.32. The molecule has 0 saturated carbocycles. The number of hydrogen-bond acceptors (Lipinski definition) is 5. The van der Waals surface area contributed by atoms with Gasteiger partial charge in [0.05, 0.1) is 19.9 Å². The van der Waals surface area contributed by atoms with Gasteiger partial charge in [0.2, 0.25) is 0 Å². The van der Waals surface area contributed by atoms with Crippen LogP contribution in [0.25, 0.3) is 27.6 Å². The van der Waals surface area contributed by atoms with Gasteiger partial charge in [-0.25, -0.2) is 4.98 Å². The lowest BCUT2D eigenvalue weighted by Gasteiger charge is -2.15. The number of aromatic nitrogens is 3. The summed E-state index contributed by atoms with van der Waals surface area (Å²) < 4.78 is 12.5. The number of hydrogen-bond donors (Lipinski definition) is 1. The molecule has 0 aliphatic carbocycles. The summed E-state index contributed by atoms with van der Waals surface area (Å²) in [6.07, 6.45) is 0. The molecule has 33 heavy (non-hydrogen) atoms. The van der Waals surface area contributed by atoms with E-state index < -0.39 is 0 Å². The minimum Gasteiger partial charge on any atom is -0.493 e. The molecule has 0 bridgehead atoms. The molecule has 5 rings (SSSR count). The predicted molar refractivity (Wildman–Crippen MR) is 133 cm³/mol. The second kappa shape index (κ2) is 8.67. The van der Waals surface area contributed by atoms with Gasteiger partial charge in [-0.2, -0.15) is 0 Å². The van der Waals surface area contributed by atoms with Crippen LogP contribution in [0.4, 0.5) is 0 Å². The number of para-hydroxylation sites is 1. The Kier molecular flexibility index (Phi) is 5.56. The molecule has 7 heteroatoms. The van der Waals surface area contributed by atoms with E-state index in [1.54, 1.807) is 30.9 Å². The molecule has 0 atom stereocenters.